The van der Waals surface area contributed by atoms with Crippen LogP contribution in [0.25, 0.3) is 0 Å². The van der Waals surface area contributed by atoms with E-state index in [-0.39, 0.29) is 18.0 Å². The van der Waals surface area contributed by atoms with Crippen molar-refractivity contribution in [3.63, 3.8) is 0 Å². The molecule has 1 aromatic rings. The van der Waals surface area contributed by atoms with Gasteiger partial charge in [0.15, 0.2) is 0 Å². The number of aromatic nitrogens is 2. The Balaban J connectivity index is 2.02. The highest BCUT2D eigenvalue weighted by Crippen LogP contribution is 2.23. The quantitative estimate of drug-likeness (QED) is 0.733. The molecule has 0 amide bonds. The first-order valence-corrected chi connectivity index (χ1v) is 5.02. The standard InChI is InChI=1S/C10H13N3O3/c1-15-10(14)9-12-3-2-8(13-9)16-7-4-6(11)5-7/h2-3,6-7H,4-5,11H2,1H3. The summed E-state index contributed by atoms with van der Waals surface area (Å²) in [6.07, 6.45) is 3.19. The van der Waals surface area contributed by atoms with E-state index in [1.54, 1.807) is 6.07 Å². The van der Waals surface area contributed by atoms with Crippen LogP contribution in [0.2, 0.25) is 0 Å². The number of methoxy groups -OCH3 is 1. The molecular formula is C10H13N3O3. The van der Waals surface area contributed by atoms with E-state index >= 15 is 0 Å². The summed E-state index contributed by atoms with van der Waals surface area (Å²) in [5, 5.41) is 0. The highest BCUT2D eigenvalue weighted by atomic mass is 16.5. The number of rotatable bonds is 3. The molecule has 0 aromatic carbocycles. The highest BCUT2D eigenvalue weighted by Gasteiger charge is 2.28. The van der Waals surface area contributed by atoms with Crippen molar-refractivity contribution >= 4 is 5.97 Å². The zero-order valence-corrected chi connectivity index (χ0v) is 8.92. The van der Waals surface area contributed by atoms with Crippen LogP contribution in [0.5, 0.6) is 5.88 Å². The zero-order valence-electron chi connectivity index (χ0n) is 8.92. The Labute approximate surface area is 92.8 Å². The van der Waals surface area contributed by atoms with Gasteiger partial charge < -0.3 is 15.2 Å². The van der Waals surface area contributed by atoms with Gasteiger partial charge in [0.25, 0.3) is 0 Å². The van der Waals surface area contributed by atoms with E-state index in [2.05, 4.69) is 14.7 Å². The number of carbonyl (C=O) groups is 1. The van der Waals surface area contributed by atoms with Gasteiger partial charge in [-0.1, -0.05) is 0 Å². The van der Waals surface area contributed by atoms with Crippen molar-refractivity contribution in [2.75, 3.05) is 7.11 Å². The molecule has 2 rings (SSSR count). The Bertz CT molecular complexity index is 391. The average Bonchev–Trinajstić information content (AvgIpc) is 2.26. The molecule has 0 aliphatic heterocycles. The summed E-state index contributed by atoms with van der Waals surface area (Å²) in [7, 11) is 1.28. The third-order valence-electron chi connectivity index (χ3n) is 2.42. The van der Waals surface area contributed by atoms with Crippen molar-refractivity contribution in [3.8, 4) is 5.88 Å². The van der Waals surface area contributed by atoms with Gasteiger partial charge in [-0.2, -0.15) is 4.98 Å². The van der Waals surface area contributed by atoms with Gasteiger partial charge >= 0.3 is 5.97 Å². The number of nitrogens with zero attached hydrogens (tertiary/aromatic N) is 2. The molecule has 0 bridgehead atoms. The minimum Gasteiger partial charge on any atom is -0.474 e. The number of hydrogen-bond acceptors (Lipinski definition) is 6. The van der Waals surface area contributed by atoms with Gasteiger partial charge in [-0.25, -0.2) is 9.78 Å². The molecule has 1 aliphatic rings. The largest absolute Gasteiger partial charge is 0.474 e. The maximum Gasteiger partial charge on any atom is 0.376 e. The molecule has 1 aliphatic carbocycles. The van der Waals surface area contributed by atoms with Gasteiger partial charge in [0, 0.05) is 18.3 Å². The lowest BCUT2D eigenvalue weighted by molar-refractivity contribution is 0.0579. The minimum absolute atomic E-state index is 0.00335. The summed E-state index contributed by atoms with van der Waals surface area (Å²) in [5.74, 6) is -0.188. The first-order valence-electron chi connectivity index (χ1n) is 5.02. The molecule has 0 spiro atoms. The van der Waals surface area contributed by atoms with Gasteiger partial charge in [-0.05, 0) is 12.8 Å². The molecule has 6 heteroatoms. The third kappa shape index (κ3) is 2.27. The van der Waals surface area contributed by atoms with Crippen LogP contribution in [0.15, 0.2) is 12.3 Å². The molecule has 1 aromatic heterocycles. The van der Waals surface area contributed by atoms with Crippen LogP contribution in [0, 0.1) is 0 Å². The molecule has 1 heterocycles. The average molecular weight is 223 g/mol. The highest BCUT2D eigenvalue weighted by molar-refractivity contribution is 5.84. The first kappa shape index (κ1) is 10.8. The Morgan fingerprint density at radius 3 is 2.94 bits per heavy atom. The number of ether oxygens (including phenoxy) is 2. The lowest BCUT2D eigenvalue weighted by atomic mass is 9.90. The second-order valence-corrected chi connectivity index (χ2v) is 3.68. The SMILES string of the molecule is COC(=O)c1nccc(OC2CC(N)C2)n1. The molecular weight excluding hydrogens is 210 g/mol. The normalized spacial score (nSPS) is 23.4. The number of nitrogens with two attached hydrogens (primary N) is 1. The Morgan fingerprint density at radius 1 is 1.56 bits per heavy atom. The Kier molecular flexibility index (Phi) is 3.00. The molecule has 1 fully saturated rings. The van der Waals surface area contributed by atoms with Gasteiger partial charge in [0.2, 0.25) is 11.7 Å². The second-order valence-electron chi connectivity index (χ2n) is 3.68. The van der Waals surface area contributed by atoms with Crippen molar-refractivity contribution in [3.05, 3.63) is 18.1 Å². The molecule has 6 nitrogen and oxygen atoms in total. The molecule has 1 saturated carbocycles. The van der Waals surface area contributed by atoms with E-state index in [1.807, 2.05) is 0 Å². The Morgan fingerprint density at radius 2 is 2.31 bits per heavy atom. The Hall–Kier alpha value is -1.69. The molecule has 86 valence electrons. The summed E-state index contributed by atoms with van der Waals surface area (Å²) >= 11 is 0. The van der Waals surface area contributed by atoms with E-state index in [9.17, 15) is 4.79 Å². The fraction of sp³-hybridized carbons (Fsp3) is 0.500. The second kappa shape index (κ2) is 4.44. The fourth-order valence-electron chi connectivity index (χ4n) is 1.47. The predicted octanol–water partition coefficient (Wildman–Crippen LogP) is 0.132. The summed E-state index contributed by atoms with van der Waals surface area (Å²) in [4.78, 5) is 18.9. The van der Waals surface area contributed by atoms with Crippen LogP contribution in [0.1, 0.15) is 23.5 Å². The van der Waals surface area contributed by atoms with Gasteiger partial charge in [-0.3, -0.25) is 0 Å². The van der Waals surface area contributed by atoms with Crippen LogP contribution in [-0.2, 0) is 4.74 Å². The molecule has 2 N–H and O–H groups in total. The minimum atomic E-state index is -0.573. The van der Waals surface area contributed by atoms with E-state index < -0.39 is 5.97 Å². The fourth-order valence-corrected chi connectivity index (χ4v) is 1.47. The van der Waals surface area contributed by atoms with Gasteiger partial charge in [0.05, 0.1) is 7.11 Å². The van der Waals surface area contributed by atoms with E-state index in [0.717, 1.165) is 12.8 Å². The van der Waals surface area contributed by atoms with Crippen LogP contribution < -0.4 is 10.5 Å². The van der Waals surface area contributed by atoms with Crippen LogP contribution in [0.3, 0.4) is 0 Å². The zero-order chi connectivity index (χ0) is 11.5. The lowest BCUT2D eigenvalue weighted by Crippen LogP contribution is -2.43. The summed E-state index contributed by atoms with van der Waals surface area (Å²) in [5.41, 5.74) is 5.64. The summed E-state index contributed by atoms with van der Waals surface area (Å²) in [6, 6.07) is 1.82. The monoisotopic (exact) mass is 223 g/mol. The first-order chi connectivity index (χ1) is 7.69. The van der Waals surface area contributed by atoms with Crippen molar-refractivity contribution in [1.82, 2.24) is 9.97 Å². The van der Waals surface area contributed by atoms with Crippen molar-refractivity contribution in [1.29, 1.82) is 0 Å². The van der Waals surface area contributed by atoms with Crippen LogP contribution in [0.4, 0.5) is 0 Å². The molecule has 0 unspecified atom stereocenters. The van der Waals surface area contributed by atoms with Crippen molar-refractivity contribution in [2.45, 2.75) is 25.0 Å². The topological polar surface area (TPSA) is 87.3 Å². The van der Waals surface area contributed by atoms with Gasteiger partial charge in [0.1, 0.15) is 6.10 Å². The van der Waals surface area contributed by atoms with Crippen LogP contribution in [-0.4, -0.2) is 35.2 Å². The van der Waals surface area contributed by atoms with E-state index in [0.29, 0.717) is 5.88 Å². The van der Waals surface area contributed by atoms with E-state index in [4.69, 9.17) is 10.5 Å². The summed E-state index contributed by atoms with van der Waals surface area (Å²) in [6.45, 7) is 0. The molecule has 0 radical (unpaired) electrons. The van der Waals surface area contributed by atoms with Crippen molar-refractivity contribution < 1.29 is 14.3 Å². The number of esters is 1. The maximum absolute atomic E-state index is 11.2. The summed E-state index contributed by atoms with van der Waals surface area (Å²) < 4.78 is 10.0. The van der Waals surface area contributed by atoms with Gasteiger partial charge in [-0.15, -0.1) is 0 Å². The molecule has 0 atom stereocenters. The van der Waals surface area contributed by atoms with Crippen LogP contribution >= 0.6 is 0 Å². The third-order valence-corrected chi connectivity index (χ3v) is 2.42. The number of carbonyl (C=O) groups excluding carboxylic acids is 1. The molecule has 16 heavy (non-hydrogen) atoms. The number of hydrogen-bond donors (Lipinski definition) is 1. The lowest BCUT2D eigenvalue weighted by Gasteiger charge is -2.31. The predicted molar refractivity (Wildman–Crippen MR) is 55.0 cm³/mol. The smallest absolute Gasteiger partial charge is 0.376 e. The molecule has 0 saturated heterocycles. The maximum atomic E-state index is 11.2. The van der Waals surface area contributed by atoms with E-state index in [1.165, 1.54) is 13.3 Å². The van der Waals surface area contributed by atoms with Crippen molar-refractivity contribution in [2.24, 2.45) is 5.73 Å².